The Labute approximate surface area is 215 Å². The van der Waals surface area contributed by atoms with Crippen LogP contribution >= 0.6 is 0 Å². The number of para-hydroxylation sites is 1. The van der Waals surface area contributed by atoms with Crippen LogP contribution in [-0.2, 0) is 22.4 Å². The van der Waals surface area contributed by atoms with Gasteiger partial charge in [-0.25, -0.2) is 4.79 Å². The minimum atomic E-state index is -1.03. The van der Waals surface area contributed by atoms with E-state index in [9.17, 15) is 14.7 Å². The number of aliphatic hydroxyl groups excluding tert-OH is 1. The number of ether oxygens (including phenoxy) is 1. The molecule has 8 heteroatoms. The first-order chi connectivity index (χ1) is 18.1. The second-order valence-electron chi connectivity index (χ2n) is 9.45. The highest BCUT2D eigenvalue weighted by Gasteiger charge is 2.29. The molecular formula is C29H32N4O4. The second kappa shape index (κ2) is 11.5. The fourth-order valence-electron chi connectivity index (χ4n) is 4.83. The Morgan fingerprint density at radius 1 is 0.973 bits per heavy atom. The Morgan fingerprint density at radius 2 is 1.73 bits per heavy atom. The number of piperazine rings is 1. The Morgan fingerprint density at radius 3 is 2.54 bits per heavy atom. The first-order valence-electron chi connectivity index (χ1n) is 12.7. The quantitative estimate of drug-likeness (QED) is 0.298. The van der Waals surface area contributed by atoms with Gasteiger partial charge in [-0.3, -0.25) is 4.79 Å². The summed E-state index contributed by atoms with van der Waals surface area (Å²) in [5.41, 5.74) is 2.89. The summed E-state index contributed by atoms with van der Waals surface area (Å²) in [5, 5.41) is 19.4. The predicted molar refractivity (Wildman–Crippen MR) is 143 cm³/mol. The molecule has 0 spiro atoms. The molecule has 3 aromatic carbocycles. The van der Waals surface area contributed by atoms with Gasteiger partial charge in [-0.15, -0.1) is 0 Å². The molecule has 0 aliphatic carbocycles. The summed E-state index contributed by atoms with van der Waals surface area (Å²) in [7, 11) is 0. The van der Waals surface area contributed by atoms with Crippen LogP contribution in [0.4, 0.5) is 4.79 Å². The molecule has 37 heavy (non-hydrogen) atoms. The van der Waals surface area contributed by atoms with Gasteiger partial charge in [-0.1, -0.05) is 60.7 Å². The lowest BCUT2D eigenvalue weighted by molar-refractivity contribution is -0.131. The standard InChI is InChI=1S/C29H32N4O4/c34-19-24(17-23-18-31-26-8-4-3-7-25(23)26)32-28(35)27(37-29(36)33-13-11-30-12-14-33)16-20-9-10-21-5-1-2-6-22(21)15-20/h1-10,15,18,24,27,30-31,34H,11-14,16-17,19H2,(H,32,35)/t24-,27-/m1/s1. The lowest BCUT2D eigenvalue weighted by Crippen LogP contribution is -2.50. The number of hydrogen-bond acceptors (Lipinski definition) is 5. The summed E-state index contributed by atoms with van der Waals surface area (Å²) in [6.45, 7) is 2.20. The summed E-state index contributed by atoms with van der Waals surface area (Å²) < 4.78 is 5.78. The number of rotatable bonds is 8. The van der Waals surface area contributed by atoms with Crippen LogP contribution in [0.1, 0.15) is 11.1 Å². The van der Waals surface area contributed by atoms with Gasteiger partial charge in [-0.05, 0) is 34.4 Å². The van der Waals surface area contributed by atoms with E-state index in [2.05, 4.69) is 15.6 Å². The van der Waals surface area contributed by atoms with Crippen molar-refractivity contribution in [1.29, 1.82) is 0 Å². The second-order valence-corrected chi connectivity index (χ2v) is 9.45. The molecule has 8 nitrogen and oxygen atoms in total. The van der Waals surface area contributed by atoms with Gasteiger partial charge < -0.3 is 30.4 Å². The van der Waals surface area contributed by atoms with Crippen LogP contribution < -0.4 is 10.6 Å². The van der Waals surface area contributed by atoms with Crippen molar-refractivity contribution in [2.75, 3.05) is 32.8 Å². The third-order valence-corrected chi connectivity index (χ3v) is 6.85. The number of carbonyl (C=O) groups is 2. The Balaban J connectivity index is 1.33. The third-order valence-electron chi connectivity index (χ3n) is 6.85. The summed E-state index contributed by atoms with van der Waals surface area (Å²) in [5.74, 6) is -0.421. The van der Waals surface area contributed by atoms with Crippen molar-refractivity contribution in [2.45, 2.75) is 25.0 Å². The summed E-state index contributed by atoms with van der Waals surface area (Å²) >= 11 is 0. The largest absolute Gasteiger partial charge is 0.436 e. The van der Waals surface area contributed by atoms with Crippen LogP contribution in [0.25, 0.3) is 21.7 Å². The van der Waals surface area contributed by atoms with Crippen molar-refractivity contribution in [3.8, 4) is 0 Å². The van der Waals surface area contributed by atoms with Gasteiger partial charge in [-0.2, -0.15) is 0 Å². The number of amides is 2. The Hall–Kier alpha value is -3.88. The predicted octanol–water partition coefficient (Wildman–Crippen LogP) is 2.99. The first kappa shape index (κ1) is 24.8. The highest BCUT2D eigenvalue weighted by atomic mass is 16.6. The molecule has 4 aromatic rings. The van der Waals surface area contributed by atoms with Crippen molar-refractivity contribution in [3.63, 3.8) is 0 Å². The zero-order valence-electron chi connectivity index (χ0n) is 20.7. The highest BCUT2D eigenvalue weighted by molar-refractivity contribution is 5.86. The van der Waals surface area contributed by atoms with Gasteiger partial charge in [0.2, 0.25) is 0 Å². The van der Waals surface area contributed by atoms with Crippen molar-refractivity contribution in [2.24, 2.45) is 0 Å². The molecule has 1 aliphatic rings. The Kier molecular flexibility index (Phi) is 7.67. The molecular weight excluding hydrogens is 468 g/mol. The zero-order valence-corrected chi connectivity index (χ0v) is 20.7. The minimum Gasteiger partial charge on any atom is -0.436 e. The van der Waals surface area contributed by atoms with Crippen LogP contribution in [0.15, 0.2) is 72.9 Å². The van der Waals surface area contributed by atoms with E-state index < -0.39 is 24.1 Å². The molecule has 1 aliphatic heterocycles. The maximum atomic E-state index is 13.5. The number of nitrogens with zero attached hydrogens (tertiary/aromatic N) is 1. The van der Waals surface area contributed by atoms with Gasteiger partial charge in [0, 0.05) is 49.7 Å². The minimum absolute atomic E-state index is 0.236. The fourth-order valence-corrected chi connectivity index (χ4v) is 4.83. The van der Waals surface area contributed by atoms with Crippen molar-refractivity contribution in [1.82, 2.24) is 20.5 Å². The molecule has 1 aromatic heterocycles. The van der Waals surface area contributed by atoms with Crippen LogP contribution in [-0.4, -0.2) is 71.9 Å². The number of benzene rings is 3. The SMILES string of the molecule is O=C(N[C@@H](CO)Cc1c[nH]c2ccccc12)[C@@H](Cc1ccc2ccccc2c1)OC(=O)N1CCNCC1. The van der Waals surface area contributed by atoms with Gasteiger partial charge in [0.1, 0.15) is 0 Å². The molecule has 1 saturated heterocycles. The van der Waals surface area contributed by atoms with E-state index in [1.165, 1.54) is 0 Å². The normalized spacial score (nSPS) is 15.4. The summed E-state index contributed by atoms with van der Waals surface area (Å²) in [6.07, 6.45) is 1.05. The molecule has 0 radical (unpaired) electrons. The average molecular weight is 501 g/mol. The van der Waals surface area contributed by atoms with Crippen LogP contribution in [0.2, 0.25) is 0 Å². The number of hydrogen-bond donors (Lipinski definition) is 4. The molecule has 192 valence electrons. The number of carbonyl (C=O) groups excluding carboxylic acids is 2. The van der Waals surface area contributed by atoms with E-state index in [1.54, 1.807) is 4.90 Å². The smallest absolute Gasteiger partial charge is 0.410 e. The zero-order chi connectivity index (χ0) is 25.6. The van der Waals surface area contributed by atoms with E-state index in [4.69, 9.17) is 4.74 Å². The van der Waals surface area contributed by atoms with Crippen LogP contribution in [0.3, 0.4) is 0 Å². The summed E-state index contributed by atoms with van der Waals surface area (Å²) in [4.78, 5) is 31.2. The van der Waals surface area contributed by atoms with Crippen LogP contribution in [0, 0.1) is 0 Å². The molecule has 2 heterocycles. The number of fused-ring (bicyclic) bond motifs is 2. The third kappa shape index (κ3) is 5.93. The molecule has 4 N–H and O–H groups in total. The molecule has 1 fully saturated rings. The van der Waals surface area contributed by atoms with Gasteiger partial charge in [0.05, 0.1) is 12.6 Å². The van der Waals surface area contributed by atoms with Gasteiger partial charge >= 0.3 is 6.09 Å². The molecule has 0 saturated carbocycles. The van der Waals surface area contributed by atoms with E-state index in [1.807, 2.05) is 72.9 Å². The highest BCUT2D eigenvalue weighted by Crippen LogP contribution is 2.20. The van der Waals surface area contributed by atoms with E-state index in [0.29, 0.717) is 32.6 Å². The molecule has 2 atom stereocenters. The van der Waals surface area contributed by atoms with Crippen molar-refractivity contribution >= 4 is 33.7 Å². The number of aromatic amines is 1. The van der Waals surface area contributed by atoms with E-state index >= 15 is 0 Å². The topological polar surface area (TPSA) is 107 Å². The van der Waals surface area contributed by atoms with E-state index in [-0.39, 0.29) is 13.0 Å². The number of nitrogens with one attached hydrogen (secondary N) is 3. The van der Waals surface area contributed by atoms with Crippen molar-refractivity contribution in [3.05, 3.63) is 84.1 Å². The maximum Gasteiger partial charge on any atom is 0.410 e. The van der Waals surface area contributed by atoms with Gasteiger partial charge in [0.15, 0.2) is 6.10 Å². The number of H-pyrrole nitrogens is 1. The molecule has 5 rings (SSSR count). The maximum absolute atomic E-state index is 13.5. The fraction of sp³-hybridized carbons (Fsp3) is 0.310. The van der Waals surface area contributed by atoms with Crippen LogP contribution in [0.5, 0.6) is 0 Å². The number of aromatic nitrogens is 1. The number of aliphatic hydroxyl groups is 1. The molecule has 0 bridgehead atoms. The van der Waals surface area contributed by atoms with Crippen molar-refractivity contribution < 1.29 is 19.4 Å². The Bertz CT molecular complexity index is 1380. The average Bonchev–Trinajstić information content (AvgIpc) is 3.35. The lowest BCUT2D eigenvalue weighted by atomic mass is 10.0. The molecule has 2 amide bonds. The van der Waals surface area contributed by atoms with Gasteiger partial charge in [0.25, 0.3) is 5.91 Å². The lowest BCUT2D eigenvalue weighted by Gasteiger charge is -2.29. The van der Waals surface area contributed by atoms with E-state index in [0.717, 1.165) is 32.8 Å². The molecule has 0 unspecified atom stereocenters. The first-order valence-corrected chi connectivity index (χ1v) is 12.7. The summed E-state index contributed by atoms with van der Waals surface area (Å²) in [6, 6.07) is 21.4. The monoisotopic (exact) mass is 500 g/mol.